The zero-order valence-corrected chi connectivity index (χ0v) is 26.4. The molecule has 2 unspecified atom stereocenters. The fraction of sp³-hybridized carbons (Fsp3) is 0.515. The minimum absolute atomic E-state index is 0.0559. The molecule has 0 heterocycles. The molecule has 0 radical (unpaired) electrons. The molecule has 0 saturated heterocycles. The predicted molar refractivity (Wildman–Crippen MR) is 167 cm³/mol. The molecule has 0 saturated carbocycles. The van der Waals surface area contributed by atoms with Crippen molar-refractivity contribution in [3.63, 3.8) is 0 Å². The van der Waals surface area contributed by atoms with Gasteiger partial charge in [0.05, 0.1) is 18.7 Å². The van der Waals surface area contributed by atoms with Crippen LogP contribution in [0.3, 0.4) is 0 Å². The number of carboxylic acids is 1. The van der Waals surface area contributed by atoms with Crippen LogP contribution in [0.15, 0.2) is 42.5 Å². The summed E-state index contributed by atoms with van der Waals surface area (Å²) in [5.41, 5.74) is 0.708. The van der Waals surface area contributed by atoms with Gasteiger partial charge in [-0.05, 0) is 74.9 Å². The lowest BCUT2D eigenvalue weighted by atomic mass is 9.99. The standard InChI is InChI=1S/C33H46F2N4O6/c1-4-15-39(16-5-2)32(44)25-12-10-11-24(20-25)31(43)37-28(19-23-17-26(34)21-27(35)18-23)29(40)22-38(6-3)33(45)36-14-9-7-8-13-30(41)42/h10-12,17-18,20-21,28-29,40H,4-9,13-16,19,22H2,1-3H3,(H,36,45)(H,37,43)(H,41,42). The summed E-state index contributed by atoms with van der Waals surface area (Å²) in [4.78, 5) is 53.1. The monoisotopic (exact) mass is 632 g/mol. The first-order chi connectivity index (χ1) is 21.5. The minimum atomic E-state index is -1.32. The van der Waals surface area contributed by atoms with Crippen molar-refractivity contribution >= 4 is 23.8 Å². The van der Waals surface area contributed by atoms with Gasteiger partial charge in [0.2, 0.25) is 0 Å². The van der Waals surface area contributed by atoms with Crippen LogP contribution in [0.2, 0.25) is 0 Å². The van der Waals surface area contributed by atoms with Gasteiger partial charge in [0.1, 0.15) is 11.6 Å². The van der Waals surface area contributed by atoms with Crippen molar-refractivity contribution in [2.45, 2.75) is 77.9 Å². The third-order valence-electron chi connectivity index (χ3n) is 7.22. The third kappa shape index (κ3) is 12.8. The number of halogens is 2. The summed E-state index contributed by atoms with van der Waals surface area (Å²) in [6, 6.07) is 7.67. The fourth-order valence-electron chi connectivity index (χ4n) is 4.94. The summed E-state index contributed by atoms with van der Waals surface area (Å²) >= 11 is 0. The van der Waals surface area contributed by atoms with Gasteiger partial charge >= 0.3 is 12.0 Å². The highest BCUT2D eigenvalue weighted by molar-refractivity contribution is 5.99. The van der Waals surface area contributed by atoms with E-state index in [4.69, 9.17) is 5.11 Å². The molecule has 0 spiro atoms. The molecule has 4 amide bonds. The van der Waals surface area contributed by atoms with Crippen molar-refractivity contribution in [2.24, 2.45) is 0 Å². The molecule has 45 heavy (non-hydrogen) atoms. The van der Waals surface area contributed by atoms with E-state index >= 15 is 0 Å². The molecule has 2 atom stereocenters. The summed E-state index contributed by atoms with van der Waals surface area (Å²) in [7, 11) is 0. The first-order valence-corrected chi connectivity index (χ1v) is 15.6. The number of urea groups is 1. The van der Waals surface area contributed by atoms with Gasteiger partial charge < -0.3 is 30.6 Å². The van der Waals surface area contributed by atoms with Gasteiger partial charge in [-0.3, -0.25) is 14.4 Å². The summed E-state index contributed by atoms with van der Waals surface area (Å²) in [5.74, 6) is -3.29. The quantitative estimate of drug-likeness (QED) is 0.167. The zero-order valence-electron chi connectivity index (χ0n) is 26.4. The Morgan fingerprint density at radius 2 is 1.51 bits per heavy atom. The number of unbranched alkanes of at least 4 members (excludes halogenated alkanes) is 2. The first kappa shape index (κ1) is 37.1. The predicted octanol–water partition coefficient (Wildman–Crippen LogP) is 4.61. The molecule has 0 fully saturated rings. The summed E-state index contributed by atoms with van der Waals surface area (Å²) in [5, 5.41) is 25.5. The van der Waals surface area contributed by atoms with Crippen LogP contribution in [-0.2, 0) is 11.2 Å². The van der Waals surface area contributed by atoms with Crippen molar-refractivity contribution in [1.82, 2.24) is 20.4 Å². The van der Waals surface area contributed by atoms with E-state index in [-0.39, 0.29) is 43.0 Å². The number of nitrogens with zero attached hydrogens (tertiary/aromatic N) is 2. The number of likely N-dealkylation sites (N-methyl/N-ethyl adjacent to an activating group) is 1. The number of aliphatic hydroxyl groups excluding tert-OH is 1. The SMILES string of the molecule is CCCN(CCC)C(=O)c1cccc(C(=O)NC(Cc2cc(F)cc(F)c2)C(O)CN(CC)C(=O)NCCCCCC(=O)O)c1. The second-order valence-corrected chi connectivity index (χ2v) is 11.0. The third-order valence-corrected chi connectivity index (χ3v) is 7.22. The molecule has 2 aromatic rings. The van der Waals surface area contributed by atoms with E-state index in [9.17, 15) is 33.1 Å². The van der Waals surface area contributed by atoms with Crippen LogP contribution in [0, 0.1) is 11.6 Å². The minimum Gasteiger partial charge on any atom is -0.481 e. The van der Waals surface area contributed by atoms with Gasteiger partial charge in [0.15, 0.2) is 0 Å². The van der Waals surface area contributed by atoms with Crippen LogP contribution in [0.25, 0.3) is 0 Å². The highest BCUT2D eigenvalue weighted by atomic mass is 19.1. The summed E-state index contributed by atoms with van der Waals surface area (Å²) in [6.45, 7) is 7.18. The Balaban J connectivity index is 2.20. The van der Waals surface area contributed by atoms with Crippen molar-refractivity contribution in [3.8, 4) is 0 Å². The van der Waals surface area contributed by atoms with E-state index < -0.39 is 41.7 Å². The van der Waals surface area contributed by atoms with Gasteiger partial charge in [0, 0.05) is 49.8 Å². The molecule has 248 valence electrons. The number of carbonyl (C=O) groups excluding carboxylic acids is 3. The molecule has 2 rings (SSSR count). The molecule has 12 heteroatoms. The molecule has 0 bridgehead atoms. The van der Waals surface area contributed by atoms with Crippen molar-refractivity contribution < 1.29 is 38.2 Å². The highest BCUT2D eigenvalue weighted by Crippen LogP contribution is 2.15. The fourth-order valence-corrected chi connectivity index (χ4v) is 4.94. The maximum absolute atomic E-state index is 14.0. The average Bonchev–Trinajstić information content (AvgIpc) is 2.99. The Morgan fingerprint density at radius 3 is 2.11 bits per heavy atom. The zero-order chi connectivity index (χ0) is 33.4. The molecule has 0 aliphatic rings. The first-order valence-electron chi connectivity index (χ1n) is 15.6. The maximum Gasteiger partial charge on any atom is 0.317 e. The van der Waals surface area contributed by atoms with Crippen LogP contribution in [-0.4, -0.2) is 88.7 Å². The van der Waals surface area contributed by atoms with Crippen LogP contribution in [0.1, 0.15) is 85.6 Å². The van der Waals surface area contributed by atoms with Gasteiger partial charge in [-0.2, -0.15) is 0 Å². The molecule has 10 nitrogen and oxygen atoms in total. The number of rotatable bonds is 19. The van der Waals surface area contributed by atoms with E-state index in [1.807, 2.05) is 13.8 Å². The number of aliphatic hydroxyl groups is 1. The largest absolute Gasteiger partial charge is 0.481 e. The molecular formula is C33H46F2N4O6. The van der Waals surface area contributed by atoms with E-state index in [1.54, 1.807) is 24.0 Å². The number of carbonyl (C=O) groups is 4. The Morgan fingerprint density at radius 1 is 0.867 bits per heavy atom. The van der Waals surface area contributed by atoms with Crippen molar-refractivity contribution in [3.05, 3.63) is 70.8 Å². The molecule has 0 aliphatic heterocycles. The van der Waals surface area contributed by atoms with Crippen LogP contribution >= 0.6 is 0 Å². The number of aliphatic carboxylic acids is 1. The van der Waals surface area contributed by atoms with Crippen LogP contribution in [0.4, 0.5) is 13.6 Å². The second kappa shape index (κ2) is 19.4. The number of hydrogen-bond acceptors (Lipinski definition) is 5. The van der Waals surface area contributed by atoms with Crippen molar-refractivity contribution in [2.75, 3.05) is 32.7 Å². The van der Waals surface area contributed by atoms with Gasteiger partial charge in [-0.15, -0.1) is 0 Å². The number of amides is 4. The lowest BCUT2D eigenvalue weighted by Crippen LogP contribution is -2.52. The maximum atomic E-state index is 14.0. The lowest BCUT2D eigenvalue weighted by molar-refractivity contribution is -0.137. The van der Waals surface area contributed by atoms with E-state index in [2.05, 4.69) is 10.6 Å². The van der Waals surface area contributed by atoms with Crippen LogP contribution in [0.5, 0.6) is 0 Å². The van der Waals surface area contributed by atoms with E-state index in [0.717, 1.165) is 31.0 Å². The molecule has 0 aliphatic carbocycles. The molecule has 2 aromatic carbocycles. The summed E-state index contributed by atoms with van der Waals surface area (Å²) in [6.07, 6.45) is 1.87. The van der Waals surface area contributed by atoms with Crippen LogP contribution < -0.4 is 10.6 Å². The number of carboxylic acid groups (broad SMARTS) is 1. The lowest BCUT2D eigenvalue weighted by Gasteiger charge is -2.30. The van der Waals surface area contributed by atoms with Crippen molar-refractivity contribution in [1.29, 1.82) is 0 Å². The van der Waals surface area contributed by atoms with Gasteiger partial charge in [0.25, 0.3) is 11.8 Å². The summed E-state index contributed by atoms with van der Waals surface area (Å²) < 4.78 is 28.0. The molecule has 0 aromatic heterocycles. The molecular weight excluding hydrogens is 586 g/mol. The average molecular weight is 633 g/mol. The van der Waals surface area contributed by atoms with E-state index in [1.165, 1.54) is 17.0 Å². The highest BCUT2D eigenvalue weighted by Gasteiger charge is 2.27. The van der Waals surface area contributed by atoms with Gasteiger partial charge in [-0.1, -0.05) is 26.3 Å². The van der Waals surface area contributed by atoms with E-state index in [0.29, 0.717) is 44.5 Å². The Labute approximate surface area is 263 Å². The number of benzene rings is 2. The molecule has 4 N–H and O–H groups in total. The smallest absolute Gasteiger partial charge is 0.317 e. The Kier molecular flexibility index (Phi) is 16.0. The Hall–Kier alpha value is -4.06. The second-order valence-electron chi connectivity index (χ2n) is 11.0. The normalized spacial score (nSPS) is 12.2. The van der Waals surface area contributed by atoms with Gasteiger partial charge in [-0.25, -0.2) is 13.6 Å². The number of hydrogen-bond donors (Lipinski definition) is 4. The number of nitrogens with one attached hydrogen (secondary N) is 2. The Bertz CT molecular complexity index is 1250. The topological polar surface area (TPSA) is 139 Å².